The third-order valence-corrected chi connectivity index (χ3v) is 3.83. The molecule has 2 aliphatic carbocycles. The molecule has 0 atom stereocenters. The van der Waals surface area contributed by atoms with Gasteiger partial charge in [-0.2, -0.15) is 0 Å². The number of carbonyl (C=O) groups is 1. The summed E-state index contributed by atoms with van der Waals surface area (Å²) < 4.78 is 0. The average Bonchev–Trinajstić information content (AvgIpc) is 2.83. The zero-order valence-electron chi connectivity index (χ0n) is 9.69. The van der Waals surface area contributed by atoms with Crippen LogP contribution in [0.25, 0.3) is 0 Å². The maximum Gasteiger partial charge on any atom is 0.223 e. The van der Waals surface area contributed by atoms with Crippen LogP contribution in [0.5, 0.6) is 0 Å². The zero-order chi connectivity index (χ0) is 11.4. The van der Waals surface area contributed by atoms with Crippen molar-refractivity contribution in [2.24, 2.45) is 11.8 Å². The van der Waals surface area contributed by atoms with Gasteiger partial charge < -0.3 is 10.4 Å². The second kappa shape index (κ2) is 5.48. The Bertz CT molecular complexity index is 259. The van der Waals surface area contributed by atoms with Gasteiger partial charge in [-0.05, 0) is 44.4 Å². The summed E-state index contributed by atoms with van der Waals surface area (Å²) in [6.07, 6.45) is 10.1. The van der Waals surface area contributed by atoms with Crippen LogP contribution in [0.4, 0.5) is 0 Å². The first-order valence-corrected chi connectivity index (χ1v) is 6.36. The number of allylic oxidation sites excluding steroid dienone is 2. The average molecular weight is 223 g/mol. The molecule has 3 heteroatoms. The SMILES string of the molecule is O=C(NC1CCC(CO)CC1)C1CC=CC1. The lowest BCUT2D eigenvalue weighted by Crippen LogP contribution is -2.40. The van der Waals surface area contributed by atoms with Crippen molar-refractivity contribution in [2.75, 3.05) is 6.61 Å². The highest BCUT2D eigenvalue weighted by molar-refractivity contribution is 5.79. The van der Waals surface area contributed by atoms with Crippen molar-refractivity contribution in [1.29, 1.82) is 0 Å². The van der Waals surface area contributed by atoms with E-state index in [1.54, 1.807) is 0 Å². The van der Waals surface area contributed by atoms with Gasteiger partial charge in [0, 0.05) is 18.6 Å². The minimum absolute atomic E-state index is 0.176. The number of amides is 1. The monoisotopic (exact) mass is 223 g/mol. The van der Waals surface area contributed by atoms with E-state index in [2.05, 4.69) is 17.5 Å². The molecule has 0 saturated heterocycles. The predicted molar refractivity (Wildman–Crippen MR) is 62.8 cm³/mol. The number of hydrogen-bond donors (Lipinski definition) is 2. The van der Waals surface area contributed by atoms with Gasteiger partial charge in [-0.15, -0.1) is 0 Å². The van der Waals surface area contributed by atoms with Crippen molar-refractivity contribution in [3.63, 3.8) is 0 Å². The lowest BCUT2D eigenvalue weighted by molar-refractivity contribution is -0.125. The van der Waals surface area contributed by atoms with Crippen molar-refractivity contribution >= 4 is 5.91 Å². The molecule has 0 aromatic carbocycles. The number of aliphatic hydroxyl groups excluding tert-OH is 1. The van der Waals surface area contributed by atoms with E-state index in [1.165, 1.54) is 0 Å². The van der Waals surface area contributed by atoms with Gasteiger partial charge in [0.15, 0.2) is 0 Å². The van der Waals surface area contributed by atoms with Crippen molar-refractivity contribution in [3.8, 4) is 0 Å². The van der Waals surface area contributed by atoms with Gasteiger partial charge in [0.05, 0.1) is 0 Å². The topological polar surface area (TPSA) is 49.3 Å². The van der Waals surface area contributed by atoms with E-state index in [0.717, 1.165) is 38.5 Å². The number of rotatable bonds is 3. The normalized spacial score (nSPS) is 30.6. The van der Waals surface area contributed by atoms with E-state index in [1.807, 2.05) is 0 Å². The first-order valence-electron chi connectivity index (χ1n) is 6.36. The lowest BCUT2D eigenvalue weighted by atomic mass is 9.86. The fourth-order valence-corrected chi connectivity index (χ4v) is 2.64. The number of hydrogen-bond acceptors (Lipinski definition) is 2. The smallest absolute Gasteiger partial charge is 0.223 e. The molecule has 0 heterocycles. The molecule has 2 aliphatic rings. The van der Waals surface area contributed by atoms with E-state index < -0.39 is 0 Å². The van der Waals surface area contributed by atoms with Crippen LogP contribution in [0.3, 0.4) is 0 Å². The molecule has 1 amide bonds. The molecular weight excluding hydrogens is 202 g/mol. The standard InChI is InChI=1S/C13H21NO2/c15-9-10-5-7-12(8-6-10)14-13(16)11-3-1-2-4-11/h1-2,10-12,15H,3-9H2,(H,14,16). The molecule has 16 heavy (non-hydrogen) atoms. The van der Waals surface area contributed by atoms with Gasteiger partial charge in [-0.25, -0.2) is 0 Å². The summed E-state index contributed by atoms with van der Waals surface area (Å²) in [5.41, 5.74) is 0. The molecule has 0 aromatic rings. The van der Waals surface area contributed by atoms with Crippen molar-refractivity contribution in [3.05, 3.63) is 12.2 Å². The molecule has 0 aliphatic heterocycles. The van der Waals surface area contributed by atoms with Gasteiger partial charge in [0.1, 0.15) is 0 Å². The first kappa shape index (κ1) is 11.6. The largest absolute Gasteiger partial charge is 0.396 e. The number of aliphatic hydroxyl groups is 1. The molecule has 90 valence electrons. The Hall–Kier alpha value is -0.830. The van der Waals surface area contributed by atoms with E-state index in [-0.39, 0.29) is 11.8 Å². The quantitative estimate of drug-likeness (QED) is 0.714. The minimum atomic E-state index is 0.176. The van der Waals surface area contributed by atoms with Crippen molar-refractivity contribution in [1.82, 2.24) is 5.32 Å². The maximum absolute atomic E-state index is 11.9. The summed E-state index contributed by atoms with van der Waals surface area (Å²) >= 11 is 0. The Morgan fingerprint density at radius 2 is 1.81 bits per heavy atom. The molecule has 3 nitrogen and oxygen atoms in total. The van der Waals surface area contributed by atoms with E-state index in [9.17, 15) is 4.79 Å². The highest BCUT2D eigenvalue weighted by Gasteiger charge is 2.25. The second-order valence-corrected chi connectivity index (χ2v) is 5.05. The maximum atomic E-state index is 11.9. The number of carbonyl (C=O) groups excluding carboxylic acids is 1. The molecule has 2 N–H and O–H groups in total. The molecule has 0 spiro atoms. The summed E-state index contributed by atoms with van der Waals surface area (Å²) in [5, 5.41) is 12.2. The summed E-state index contributed by atoms with van der Waals surface area (Å²) in [6.45, 7) is 0.299. The van der Waals surface area contributed by atoms with E-state index >= 15 is 0 Å². The molecule has 1 fully saturated rings. The Balaban J connectivity index is 1.72. The zero-order valence-corrected chi connectivity index (χ0v) is 9.69. The van der Waals surface area contributed by atoms with E-state index in [4.69, 9.17) is 5.11 Å². The van der Waals surface area contributed by atoms with Crippen molar-refractivity contribution < 1.29 is 9.90 Å². The molecular formula is C13H21NO2. The minimum Gasteiger partial charge on any atom is -0.396 e. The van der Waals surface area contributed by atoms with Crippen LogP contribution < -0.4 is 5.32 Å². The fraction of sp³-hybridized carbons (Fsp3) is 0.769. The van der Waals surface area contributed by atoms with Gasteiger partial charge in [-0.3, -0.25) is 4.79 Å². The molecule has 0 aromatic heterocycles. The van der Waals surface area contributed by atoms with E-state index in [0.29, 0.717) is 18.6 Å². The molecule has 1 saturated carbocycles. The third-order valence-electron chi connectivity index (χ3n) is 3.83. The molecule has 0 unspecified atom stereocenters. The summed E-state index contributed by atoms with van der Waals surface area (Å²) in [5.74, 6) is 0.856. The molecule has 0 radical (unpaired) electrons. The van der Waals surface area contributed by atoms with Crippen LogP contribution >= 0.6 is 0 Å². The van der Waals surface area contributed by atoms with Crippen LogP contribution in [0.1, 0.15) is 38.5 Å². The Kier molecular flexibility index (Phi) is 3.99. The molecule has 2 rings (SSSR count). The Morgan fingerprint density at radius 1 is 1.19 bits per heavy atom. The van der Waals surface area contributed by atoms with Crippen LogP contribution in [-0.4, -0.2) is 23.7 Å². The fourth-order valence-electron chi connectivity index (χ4n) is 2.64. The van der Waals surface area contributed by atoms with Crippen LogP contribution in [-0.2, 0) is 4.79 Å². The predicted octanol–water partition coefficient (Wildman–Crippen LogP) is 1.62. The van der Waals surface area contributed by atoms with Gasteiger partial charge >= 0.3 is 0 Å². The first-order chi connectivity index (χ1) is 7.79. The summed E-state index contributed by atoms with van der Waals surface area (Å²) in [6, 6.07) is 0.343. The number of nitrogens with one attached hydrogen (secondary N) is 1. The lowest BCUT2D eigenvalue weighted by Gasteiger charge is -2.28. The molecule has 0 bridgehead atoms. The highest BCUT2D eigenvalue weighted by Crippen LogP contribution is 2.25. The van der Waals surface area contributed by atoms with Crippen molar-refractivity contribution in [2.45, 2.75) is 44.6 Å². The Morgan fingerprint density at radius 3 is 2.38 bits per heavy atom. The van der Waals surface area contributed by atoms with Crippen LogP contribution in [0.2, 0.25) is 0 Å². The van der Waals surface area contributed by atoms with Crippen LogP contribution in [0.15, 0.2) is 12.2 Å². The third kappa shape index (κ3) is 2.85. The second-order valence-electron chi connectivity index (χ2n) is 5.05. The highest BCUT2D eigenvalue weighted by atomic mass is 16.3. The summed E-state index contributed by atoms with van der Waals surface area (Å²) in [7, 11) is 0. The van der Waals surface area contributed by atoms with Gasteiger partial charge in [-0.1, -0.05) is 12.2 Å². The van der Waals surface area contributed by atoms with Crippen LogP contribution in [0, 0.1) is 11.8 Å². The van der Waals surface area contributed by atoms with Gasteiger partial charge in [0.25, 0.3) is 0 Å². The summed E-state index contributed by atoms with van der Waals surface area (Å²) in [4.78, 5) is 11.9. The Labute approximate surface area is 96.9 Å². The van der Waals surface area contributed by atoms with Gasteiger partial charge in [0.2, 0.25) is 5.91 Å².